The van der Waals surface area contributed by atoms with Crippen LogP contribution in [0.5, 0.6) is 17.2 Å². The molecule has 0 atom stereocenters. The number of nitrogens with one attached hydrogen (secondary N) is 1. The molecule has 0 aliphatic heterocycles. The highest BCUT2D eigenvalue weighted by Crippen LogP contribution is 2.34. The van der Waals surface area contributed by atoms with Crippen LogP contribution in [-0.4, -0.2) is 36.8 Å². The Hall–Kier alpha value is -3.36. The number of carbonyl (C=O) groups excluding carboxylic acids is 1. The molecule has 0 aromatic heterocycles. The van der Waals surface area contributed by atoms with Crippen molar-refractivity contribution in [2.45, 2.75) is 20.5 Å². The summed E-state index contributed by atoms with van der Waals surface area (Å²) in [5, 5.41) is 11.9. The van der Waals surface area contributed by atoms with E-state index >= 15 is 0 Å². The van der Waals surface area contributed by atoms with Crippen LogP contribution < -0.4 is 19.5 Å². The Morgan fingerprint density at radius 2 is 1.61 bits per heavy atom. The molecule has 0 unspecified atom stereocenters. The van der Waals surface area contributed by atoms with Gasteiger partial charge >= 0.3 is 12.6 Å². The Kier molecular flexibility index (Phi) is 7.14. The van der Waals surface area contributed by atoms with E-state index in [-0.39, 0.29) is 47.3 Å². The van der Waals surface area contributed by atoms with Gasteiger partial charge in [0.25, 0.3) is 5.91 Å². The van der Waals surface area contributed by atoms with Crippen molar-refractivity contribution < 1.29 is 37.7 Å². The summed E-state index contributed by atoms with van der Waals surface area (Å²) >= 11 is 0. The van der Waals surface area contributed by atoms with Gasteiger partial charge in [0.15, 0.2) is 11.5 Å². The molecule has 9 heteroatoms. The van der Waals surface area contributed by atoms with Crippen LogP contribution in [0.2, 0.25) is 0 Å². The molecule has 7 nitrogen and oxygen atoms in total. The molecule has 0 spiro atoms. The van der Waals surface area contributed by atoms with Crippen LogP contribution in [0.15, 0.2) is 36.4 Å². The first-order chi connectivity index (χ1) is 13.4. The minimum absolute atomic E-state index is 0.0729. The van der Waals surface area contributed by atoms with Gasteiger partial charge in [-0.2, -0.15) is 8.78 Å². The topological polar surface area (TPSA) is 94.1 Å². The normalized spacial score (nSPS) is 10.5. The molecular weight excluding hydrogens is 376 g/mol. The molecule has 0 bridgehead atoms. The van der Waals surface area contributed by atoms with Crippen molar-refractivity contribution in [3.05, 3.63) is 47.5 Å². The lowest BCUT2D eigenvalue weighted by molar-refractivity contribution is -0.0501. The summed E-state index contributed by atoms with van der Waals surface area (Å²) in [5.74, 6) is -2.01. The maximum atomic E-state index is 12.6. The molecule has 0 fully saturated rings. The van der Waals surface area contributed by atoms with E-state index in [1.807, 2.05) is 0 Å². The smallest absolute Gasteiger partial charge is 0.387 e. The standard InChI is InChI=1S/C19H19F2NO6/c1-3-26-15-9-12(18(24)25)13(10-16(15)27-4-2)22-17(23)11-7-5-6-8-14(11)28-19(20)21/h5-10,19H,3-4H2,1-2H3,(H,22,23)(H,24,25). The van der Waals surface area contributed by atoms with Crippen molar-refractivity contribution >= 4 is 17.6 Å². The maximum absolute atomic E-state index is 12.6. The number of rotatable bonds is 9. The predicted octanol–water partition coefficient (Wildman–Crippen LogP) is 4.04. The van der Waals surface area contributed by atoms with Gasteiger partial charge in [-0.15, -0.1) is 0 Å². The molecule has 0 saturated heterocycles. The third kappa shape index (κ3) is 5.09. The number of carbonyl (C=O) groups is 2. The van der Waals surface area contributed by atoms with Crippen LogP contribution in [0.25, 0.3) is 0 Å². The van der Waals surface area contributed by atoms with Crippen molar-refractivity contribution in [2.75, 3.05) is 18.5 Å². The van der Waals surface area contributed by atoms with Crippen molar-refractivity contribution in [2.24, 2.45) is 0 Å². The number of carboxylic acids is 1. The molecule has 0 heterocycles. The van der Waals surface area contributed by atoms with E-state index in [2.05, 4.69) is 10.1 Å². The summed E-state index contributed by atoms with van der Waals surface area (Å²) in [6, 6.07) is 7.94. The number of benzene rings is 2. The van der Waals surface area contributed by atoms with Gasteiger partial charge in [0.2, 0.25) is 0 Å². The van der Waals surface area contributed by atoms with Gasteiger partial charge in [0.1, 0.15) is 5.75 Å². The zero-order chi connectivity index (χ0) is 20.7. The highest BCUT2D eigenvalue weighted by atomic mass is 19.3. The summed E-state index contributed by atoms with van der Waals surface area (Å²) < 4.78 is 40.3. The number of para-hydroxylation sites is 1. The molecule has 0 aliphatic carbocycles. The van der Waals surface area contributed by atoms with Gasteiger partial charge in [0, 0.05) is 12.1 Å². The minimum atomic E-state index is -3.11. The third-order valence-electron chi connectivity index (χ3n) is 3.51. The number of halogens is 2. The first-order valence-electron chi connectivity index (χ1n) is 8.39. The fourth-order valence-corrected chi connectivity index (χ4v) is 2.42. The molecule has 1 amide bonds. The summed E-state index contributed by atoms with van der Waals surface area (Å²) in [5.41, 5.74) is -0.491. The Bertz CT molecular complexity index is 856. The zero-order valence-corrected chi connectivity index (χ0v) is 15.2. The highest BCUT2D eigenvalue weighted by molar-refractivity contribution is 6.09. The monoisotopic (exact) mass is 395 g/mol. The van der Waals surface area contributed by atoms with E-state index < -0.39 is 18.5 Å². The van der Waals surface area contributed by atoms with Crippen LogP contribution in [0, 0.1) is 0 Å². The average molecular weight is 395 g/mol. The number of amides is 1. The number of alkyl halides is 2. The van der Waals surface area contributed by atoms with Gasteiger partial charge in [-0.1, -0.05) is 12.1 Å². The number of ether oxygens (including phenoxy) is 3. The molecule has 28 heavy (non-hydrogen) atoms. The lowest BCUT2D eigenvalue weighted by Crippen LogP contribution is -2.17. The highest BCUT2D eigenvalue weighted by Gasteiger charge is 2.21. The number of hydrogen-bond donors (Lipinski definition) is 2. The van der Waals surface area contributed by atoms with Crippen LogP contribution in [-0.2, 0) is 0 Å². The van der Waals surface area contributed by atoms with Crippen LogP contribution in [0.1, 0.15) is 34.6 Å². The van der Waals surface area contributed by atoms with Crippen molar-refractivity contribution in [3.8, 4) is 17.2 Å². The maximum Gasteiger partial charge on any atom is 0.387 e. The van der Waals surface area contributed by atoms with E-state index in [0.29, 0.717) is 0 Å². The third-order valence-corrected chi connectivity index (χ3v) is 3.51. The predicted molar refractivity (Wildman–Crippen MR) is 96.8 cm³/mol. The van der Waals surface area contributed by atoms with Crippen LogP contribution in [0.3, 0.4) is 0 Å². The second kappa shape index (κ2) is 9.54. The fourth-order valence-electron chi connectivity index (χ4n) is 2.42. The Labute approximate surface area is 159 Å². The first-order valence-corrected chi connectivity index (χ1v) is 8.39. The first kappa shape index (κ1) is 20.9. The SMILES string of the molecule is CCOc1cc(NC(=O)c2ccccc2OC(F)F)c(C(=O)O)cc1OCC. The molecule has 2 aromatic rings. The lowest BCUT2D eigenvalue weighted by Gasteiger charge is -2.16. The van der Waals surface area contributed by atoms with E-state index in [9.17, 15) is 23.5 Å². The fraction of sp³-hybridized carbons (Fsp3) is 0.263. The number of aromatic carboxylic acids is 1. The summed E-state index contributed by atoms with van der Waals surface area (Å²) in [6.45, 7) is 0.912. The molecule has 0 radical (unpaired) electrons. The van der Waals surface area contributed by atoms with Crippen molar-refractivity contribution in [3.63, 3.8) is 0 Å². The molecule has 2 aromatic carbocycles. The second-order valence-electron chi connectivity index (χ2n) is 5.34. The van der Waals surface area contributed by atoms with Gasteiger partial charge < -0.3 is 24.6 Å². The van der Waals surface area contributed by atoms with Crippen LogP contribution in [0.4, 0.5) is 14.5 Å². The number of carboxylic acid groups (broad SMARTS) is 1. The minimum Gasteiger partial charge on any atom is -0.490 e. The lowest BCUT2D eigenvalue weighted by atomic mass is 10.1. The molecule has 2 N–H and O–H groups in total. The van der Waals surface area contributed by atoms with Gasteiger partial charge in [-0.05, 0) is 26.0 Å². The quantitative estimate of drug-likeness (QED) is 0.666. The second-order valence-corrected chi connectivity index (χ2v) is 5.34. The van der Waals surface area contributed by atoms with Gasteiger partial charge in [-0.3, -0.25) is 4.79 Å². The molecular formula is C19H19F2NO6. The molecule has 0 aliphatic rings. The van der Waals surface area contributed by atoms with Gasteiger partial charge in [0.05, 0.1) is 30.0 Å². The molecule has 0 saturated carbocycles. The summed E-state index contributed by atoms with van der Waals surface area (Å²) in [6.07, 6.45) is 0. The van der Waals surface area contributed by atoms with Crippen LogP contribution >= 0.6 is 0 Å². The van der Waals surface area contributed by atoms with Crippen molar-refractivity contribution in [1.29, 1.82) is 0 Å². The molecule has 2 rings (SSSR count). The summed E-state index contributed by atoms with van der Waals surface area (Å²) in [4.78, 5) is 24.2. The zero-order valence-electron chi connectivity index (χ0n) is 15.2. The van der Waals surface area contributed by atoms with E-state index in [0.717, 1.165) is 0 Å². The van der Waals surface area contributed by atoms with E-state index in [1.54, 1.807) is 13.8 Å². The summed E-state index contributed by atoms with van der Waals surface area (Å²) in [7, 11) is 0. The number of anilines is 1. The Morgan fingerprint density at radius 3 is 2.18 bits per heavy atom. The van der Waals surface area contributed by atoms with E-state index in [4.69, 9.17) is 9.47 Å². The number of hydrogen-bond acceptors (Lipinski definition) is 5. The van der Waals surface area contributed by atoms with E-state index in [1.165, 1.54) is 36.4 Å². The molecule has 150 valence electrons. The average Bonchev–Trinajstić information content (AvgIpc) is 2.63. The Balaban J connectivity index is 2.43. The van der Waals surface area contributed by atoms with Crippen molar-refractivity contribution in [1.82, 2.24) is 0 Å². The Morgan fingerprint density at radius 1 is 1.00 bits per heavy atom. The van der Waals surface area contributed by atoms with Gasteiger partial charge in [-0.25, -0.2) is 4.79 Å². The largest absolute Gasteiger partial charge is 0.490 e.